The summed E-state index contributed by atoms with van der Waals surface area (Å²) in [7, 11) is -1.30. The van der Waals surface area contributed by atoms with Gasteiger partial charge in [-0.2, -0.15) is 5.10 Å². The zero-order chi connectivity index (χ0) is 16.5. The third kappa shape index (κ3) is 1.96. The summed E-state index contributed by atoms with van der Waals surface area (Å²) in [6.45, 7) is 1.59. The second-order valence-electron chi connectivity index (χ2n) is 7.38. The summed E-state index contributed by atoms with van der Waals surface area (Å²) < 4.78 is 27.7. The van der Waals surface area contributed by atoms with Crippen LogP contribution in [0, 0.1) is 0 Å². The Hall–Kier alpha value is -1.66. The first-order chi connectivity index (χ1) is 11.5. The fourth-order valence-corrected chi connectivity index (χ4v) is 6.65. The van der Waals surface area contributed by atoms with Gasteiger partial charge in [0.05, 0.1) is 16.3 Å². The van der Waals surface area contributed by atoms with E-state index in [0.717, 1.165) is 23.2 Å². The number of hydrogen-bond donors (Lipinski definition) is 0. The van der Waals surface area contributed by atoms with Crippen molar-refractivity contribution in [1.29, 1.82) is 0 Å². The third-order valence-corrected chi connectivity index (χ3v) is 8.30. The van der Waals surface area contributed by atoms with Crippen LogP contribution >= 0.6 is 0 Å². The molecule has 6 heteroatoms. The van der Waals surface area contributed by atoms with Gasteiger partial charge >= 0.3 is 0 Å². The van der Waals surface area contributed by atoms with Crippen LogP contribution in [0.4, 0.5) is 0 Å². The largest absolute Gasteiger partial charge is 0.298 e. The minimum Gasteiger partial charge on any atom is -0.298 e. The molecular formula is C18H21N3O2S. The van der Waals surface area contributed by atoms with Crippen molar-refractivity contribution < 1.29 is 8.42 Å². The number of fused-ring (bicyclic) bond motifs is 3. The van der Waals surface area contributed by atoms with E-state index in [1.54, 1.807) is 10.7 Å². The number of hydrogen-bond acceptors (Lipinski definition) is 4. The maximum atomic E-state index is 12.9. The summed E-state index contributed by atoms with van der Waals surface area (Å²) >= 11 is 0. The lowest BCUT2D eigenvalue weighted by atomic mass is 9.91. The van der Waals surface area contributed by atoms with Gasteiger partial charge in [0.1, 0.15) is 0 Å². The van der Waals surface area contributed by atoms with Crippen LogP contribution in [0.25, 0.3) is 11.1 Å². The zero-order valence-corrected chi connectivity index (χ0v) is 14.5. The quantitative estimate of drug-likeness (QED) is 0.839. The van der Waals surface area contributed by atoms with E-state index in [4.69, 9.17) is 0 Å². The average molecular weight is 343 g/mol. The lowest BCUT2D eigenvalue weighted by Crippen LogP contribution is -2.39. The van der Waals surface area contributed by atoms with Gasteiger partial charge in [-0.25, -0.2) is 8.42 Å². The Kier molecular flexibility index (Phi) is 3.01. The lowest BCUT2D eigenvalue weighted by Gasteiger charge is -2.35. The Bertz CT molecular complexity index is 914. The zero-order valence-electron chi connectivity index (χ0n) is 13.7. The van der Waals surface area contributed by atoms with Crippen LogP contribution in [-0.4, -0.2) is 47.5 Å². The second kappa shape index (κ2) is 4.92. The van der Waals surface area contributed by atoms with Crippen molar-refractivity contribution >= 4 is 9.84 Å². The standard InChI is InChI=1S/C18H21N3O2S/c1-20-9-13(8-19-20)12-5-6-17-15(7-12)16-10-21(14-3-2-4-14)11-18(16)24(17,22)23/h5-9,14,16,18H,2-4,10-11H2,1H3/t16-,18+/m1/s1. The normalized spacial score (nSPS) is 28.5. The van der Waals surface area contributed by atoms with Gasteiger partial charge in [-0.3, -0.25) is 9.58 Å². The van der Waals surface area contributed by atoms with Crippen molar-refractivity contribution in [3.05, 3.63) is 36.2 Å². The molecule has 0 unspecified atom stereocenters. The molecule has 5 rings (SSSR count). The summed E-state index contributed by atoms with van der Waals surface area (Å²) in [5.74, 6) is 0.127. The third-order valence-electron chi connectivity index (χ3n) is 6.04. The highest BCUT2D eigenvalue weighted by Gasteiger charge is 2.51. The molecular weight excluding hydrogens is 322 g/mol. The summed E-state index contributed by atoms with van der Waals surface area (Å²) in [5, 5.41) is 3.97. The number of aryl methyl sites for hydroxylation is 1. The number of sulfone groups is 1. The highest BCUT2D eigenvalue weighted by molar-refractivity contribution is 7.92. The summed E-state index contributed by atoms with van der Waals surface area (Å²) in [6, 6.07) is 6.41. The van der Waals surface area contributed by atoms with Crippen molar-refractivity contribution in [3.8, 4) is 11.1 Å². The molecule has 3 heterocycles. The van der Waals surface area contributed by atoms with Crippen molar-refractivity contribution in [2.24, 2.45) is 7.05 Å². The van der Waals surface area contributed by atoms with Crippen LogP contribution in [0.1, 0.15) is 30.7 Å². The van der Waals surface area contributed by atoms with E-state index >= 15 is 0 Å². The number of nitrogens with zero attached hydrogens (tertiary/aromatic N) is 3. The fraction of sp³-hybridized carbons (Fsp3) is 0.500. The van der Waals surface area contributed by atoms with Gasteiger partial charge in [-0.1, -0.05) is 12.5 Å². The molecule has 126 valence electrons. The topological polar surface area (TPSA) is 55.2 Å². The van der Waals surface area contributed by atoms with Crippen LogP contribution < -0.4 is 0 Å². The van der Waals surface area contributed by atoms with Crippen molar-refractivity contribution in [1.82, 2.24) is 14.7 Å². The Morgan fingerprint density at radius 1 is 1.17 bits per heavy atom. The molecule has 0 N–H and O–H groups in total. The second-order valence-corrected chi connectivity index (χ2v) is 9.52. The molecule has 5 nitrogen and oxygen atoms in total. The van der Waals surface area contributed by atoms with Gasteiger partial charge < -0.3 is 0 Å². The molecule has 1 saturated carbocycles. The average Bonchev–Trinajstić information content (AvgIpc) is 3.15. The fourth-order valence-electron chi connectivity index (χ4n) is 4.48. The molecule has 1 aliphatic carbocycles. The van der Waals surface area contributed by atoms with Crippen LogP contribution in [0.3, 0.4) is 0 Å². The molecule has 2 aliphatic heterocycles. The molecule has 0 amide bonds. The summed E-state index contributed by atoms with van der Waals surface area (Å²) in [4.78, 5) is 2.97. The summed E-state index contributed by atoms with van der Waals surface area (Å²) in [6.07, 6.45) is 7.53. The van der Waals surface area contributed by atoms with E-state index in [2.05, 4.69) is 16.1 Å². The van der Waals surface area contributed by atoms with E-state index < -0.39 is 9.84 Å². The maximum Gasteiger partial charge on any atom is 0.183 e. The number of benzene rings is 1. The van der Waals surface area contributed by atoms with Crippen molar-refractivity contribution in [2.45, 2.75) is 41.4 Å². The molecule has 2 aromatic rings. The van der Waals surface area contributed by atoms with Gasteiger partial charge in [-0.05, 0) is 36.1 Å². The van der Waals surface area contributed by atoms with Crippen LogP contribution in [0.2, 0.25) is 0 Å². The van der Waals surface area contributed by atoms with Crippen LogP contribution in [-0.2, 0) is 16.9 Å². The van der Waals surface area contributed by atoms with Crippen LogP contribution in [0.5, 0.6) is 0 Å². The molecule has 1 aromatic carbocycles. The van der Waals surface area contributed by atoms with Crippen molar-refractivity contribution in [2.75, 3.05) is 13.1 Å². The SMILES string of the molecule is Cn1cc(-c2ccc3c(c2)[C@H]2CN(C4CCC4)C[C@@H]2S3(=O)=O)cn1. The Morgan fingerprint density at radius 2 is 2.00 bits per heavy atom. The van der Waals surface area contributed by atoms with Gasteiger partial charge in [0.15, 0.2) is 9.84 Å². The monoisotopic (exact) mass is 343 g/mol. The Labute approximate surface area is 142 Å². The van der Waals surface area contributed by atoms with Crippen LogP contribution in [0.15, 0.2) is 35.5 Å². The molecule has 1 saturated heterocycles. The van der Waals surface area contributed by atoms with Gasteiger partial charge in [0.2, 0.25) is 0 Å². The molecule has 0 spiro atoms. The van der Waals surface area contributed by atoms with E-state index in [0.29, 0.717) is 17.5 Å². The maximum absolute atomic E-state index is 12.9. The smallest absolute Gasteiger partial charge is 0.183 e. The molecule has 24 heavy (non-hydrogen) atoms. The lowest BCUT2D eigenvalue weighted by molar-refractivity contribution is 0.157. The number of rotatable bonds is 2. The molecule has 2 atom stereocenters. The Balaban J connectivity index is 1.56. The summed E-state index contributed by atoms with van der Waals surface area (Å²) in [5.41, 5.74) is 3.11. The molecule has 1 aromatic heterocycles. The van der Waals surface area contributed by atoms with E-state index in [9.17, 15) is 8.42 Å². The predicted octanol–water partition coefficient (Wildman–Crippen LogP) is 2.19. The minimum atomic E-state index is -3.19. The molecule has 0 radical (unpaired) electrons. The van der Waals surface area contributed by atoms with E-state index in [1.165, 1.54) is 19.3 Å². The van der Waals surface area contributed by atoms with Gasteiger partial charge in [0, 0.05) is 43.9 Å². The highest BCUT2D eigenvalue weighted by atomic mass is 32.2. The van der Waals surface area contributed by atoms with E-state index in [1.807, 2.05) is 25.5 Å². The predicted molar refractivity (Wildman–Crippen MR) is 91.6 cm³/mol. The first-order valence-corrected chi connectivity index (χ1v) is 10.2. The van der Waals surface area contributed by atoms with Crippen molar-refractivity contribution in [3.63, 3.8) is 0 Å². The van der Waals surface area contributed by atoms with Gasteiger partial charge in [-0.15, -0.1) is 0 Å². The first-order valence-electron chi connectivity index (χ1n) is 8.65. The minimum absolute atomic E-state index is 0.127. The Morgan fingerprint density at radius 3 is 2.67 bits per heavy atom. The molecule has 3 aliphatic rings. The molecule has 2 fully saturated rings. The van der Waals surface area contributed by atoms with Gasteiger partial charge in [0.25, 0.3) is 0 Å². The number of likely N-dealkylation sites (tertiary alicyclic amines) is 1. The number of aromatic nitrogens is 2. The first kappa shape index (κ1) is 14.7. The van der Waals surface area contributed by atoms with E-state index in [-0.39, 0.29) is 11.2 Å². The molecule has 0 bridgehead atoms. The highest BCUT2D eigenvalue weighted by Crippen LogP contribution is 2.47.